The number of allylic oxidation sites excluding steroid dienone is 1. The minimum Gasteiger partial charge on any atom is -0.315 e. The highest BCUT2D eigenvalue weighted by Crippen LogP contribution is 2.56. The summed E-state index contributed by atoms with van der Waals surface area (Å²) in [5.41, 5.74) is 4.43. The molecule has 2 aromatic heterocycles. The third-order valence-corrected chi connectivity index (χ3v) is 6.19. The molecule has 5 rings (SSSR count). The lowest BCUT2D eigenvalue weighted by Gasteiger charge is -2.50. The van der Waals surface area contributed by atoms with Gasteiger partial charge in [0.15, 0.2) is 5.82 Å². The van der Waals surface area contributed by atoms with E-state index < -0.39 is 0 Å². The molecule has 3 atom stereocenters. The van der Waals surface area contributed by atoms with Crippen LogP contribution in [0.3, 0.4) is 0 Å². The maximum absolute atomic E-state index is 4.65. The van der Waals surface area contributed by atoms with Gasteiger partial charge in [0.2, 0.25) is 0 Å². The average Bonchev–Trinajstić information content (AvgIpc) is 3.08. The second-order valence-electron chi connectivity index (χ2n) is 7.38. The van der Waals surface area contributed by atoms with Crippen molar-refractivity contribution in [2.75, 3.05) is 9.80 Å². The van der Waals surface area contributed by atoms with Crippen molar-refractivity contribution in [1.29, 1.82) is 0 Å². The molecule has 0 saturated heterocycles. The number of hydrogen-bond donors (Lipinski definition) is 0. The van der Waals surface area contributed by atoms with Crippen molar-refractivity contribution in [1.82, 2.24) is 15.0 Å². The number of rotatable bonds is 2. The largest absolute Gasteiger partial charge is 0.315 e. The van der Waals surface area contributed by atoms with Gasteiger partial charge < -0.3 is 9.80 Å². The number of hydrogen-bond acceptors (Lipinski definition) is 5. The summed E-state index contributed by atoms with van der Waals surface area (Å²) in [5, 5.41) is 0. The Hall–Kier alpha value is -3.21. The molecule has 5 heteroatoms. The lowest BCUT2D eigenvalue weighted by molar-refractivity contribution is 0.313. The maximum atomic E-state index is 4.65. The Morgan fingerprint density at radius 3 is 2.59 bits per heavy atom. The summed E-state index contributed by atoms with van der Waals surface area (Å²) in [4.78, 5) is 17.8. The van der Waals surface area contributed by atoms with Gasteiger partial charge in [0.1, 0.15) is 18.2 Å². The molecule has 2 aliphatic rings. The van der Waals surface area contributed by atoms with Crippen LogP contribution in [-0.4, -0.2) is 21.1 Å². The fraction of sp³-hybridized carbons (Fsp3) is 0.227. The third kappa shape index (κ3) is 2.02. The molecule has 0 radical (unpaired) electrons. The molecule has 0 saturated carbocycles. The minimum absolute atomic E-state index is 0.0806. The summed E-state index contributed by atoms with van der Waals surface area (Å²) < 4.78 is 0. The Morgan fingerprint density at radius 1 is 1.04 bits per heavy atom. The van der Waals surface area contributed by atoms with E-state index in [1.54, 1.807) is 6.33 Å². The fourth-order valence-corrected chi connectivity index (χ4v) is 4.54. The average molecular weight is 355 g/mol. The lowest BCUT2D eigenvalue weighted by Crippen LogP contribution is -2.54. The number of para-hydroxylation sites is 1. The number of nitrogens with zero attached hydrogens (tertiary/aromatic N) is 5. The predicted octanol–water partition coefficient (Wildman–Crippen LogP) is 4.58. The highest BCUT2D eigenvalue weighted by atomic mass is 15.5. The van der Waals surface area contributed by atoms with Crippen LogP contribution in [0.1, 0.15) is 19.4 Å². The van der Waals surface area contributed by atoms with E-state index in [0.717, 1.165) is 17.2 Å². The first-order valence-corrected chi connectivity index (χ1v) is 9.18. The molecule has 0 amide bonds. The van der Waals surface area contributed by atoms with E-state index in [-0.39, 0.29) is 17.5 Å². The van der Waals surface area contributed by atoms with Crippen LogP contribution < -0.4 is 9.80 Å². The standard InChI is InChI=1S/C22H21N5/c1-4-22(3)15(2)21-26(16-9-11-23-12-10-16)20-19(13-24-14-25-20)27(21)18-8-6-5-7-17(18)22/h4-15,21H,1H2,2-3H3. The molecule has 134 valence electrons. The summed E-state index contributed by atoms with van der Waals surface area (Å²) in [5.74, 6) is 1.20. The van der Waals surface area contributed by atoms with Gasteiger partial charge in [-0.05, 0) is 23.8 Å². The van der Waals surface area contributed by atoms with Gasteiger partial charge in [0.05, 0.1) is 6.20 Å². The molecule has 2 aliphatic heterocycles. The summed E-state index contributed by atoms with van der Waals surface area (Å²) in [6, 6.07) is 12.7. The SMILES string of the molecule is C=CC1(C)c2ccccc2N2c3cncnc3N(c3ccncc3)C2C1C. The van der Waals surface area contributed by atoms with E-state index in [1.165, 1.54) is 11.3 Å². The zero-order valence-corrected chi connectivity index (χ0v) is 15.4. The van der Waals surface area contributed by atoms with Crippen molar-refractivity contribution in [2.24, 2.45) is 5.92 Å². The monoisotopic (exact) mass is 355 g/mol. The van der Waals surface area contributed by atoms with Gasteiger partial charge in [-0.25, -0.2) is 9.97 Å². The molecule has 0 spiro atoms. The van der Waals surface area contributed by atoms with Crippen molar-refractivity contribution in [3.63, 3.8) is 0 Å². The summed E-state index contributed by atoms with van der Waals surface area (Å²) >= 11 is 0. The van der Waals surface area contributed by atoms with Gasteiger partial charge in [0.25, 0.3) is 0 Å². The first-order valence-electron chi connectivity index (χ1n) is 9.18. The number of aromatic nitrogens is 3. The van der Waals surface area contributed by atoms with Crippen LogP contribution in [0.4, 0.5) is 22.9 Å². The van der Waals surface area contributed by atoms with Crippen molar-refractivity contribution in [3.8, 4) is 0 Å². The Labute approximate surface area is 159 Å². The highest BCUT2D eigenvalue weighted by Gasteiger charge is 2.52. The van der Waals surface area contributed by atoms with E-state index in [2.05, 4.69) is 75.5 Å². The molecule has 27 heavy (non-hydrogen) atoms. The topological polar surface area (TPSA) is 45.2 Å². The maximum Gasteiger partial charge on any atom is 0.162 e. The van der Waals surface area contributed by atoms with Crippen LogP contribution in [0, 0.1) is 5.92 Å². The normalized spacial score (nSPS) is 25.6. The Bertz CT molecular complexity index is 1020. The second kappa shape index (κ2) is 5.64. The molecular weight excluding hydrogens is 334 g/mol. The number of anilines is 4. The van der Waals surface area contributed by atoms with Crippen molar-refractivity contribution < 1.29 is 0 Å². The summed E-state index contributed by atoms with van der Waals surface area (Å²) in [7, 11) is 0. The molecule has 0 fully saturated rings. The van der Waals surface area contributed by atoms with E-state index in [1.807, 2.05) is 30.7 Å². The first kappa shape index (κ1) is 16.0. The molecule has 0 bridgehead atoms. The van der Waals surface area contributed by atoms with Crippen LogP contribution in [0.15, 0.2) is 74.0 Å². The van der Waals surface area contributed by atoms with Crippen molar-refractivity contribution >= 4 is 22.9 Å². The molecular formula is C22H21N5. The zero-order valence-electron chi connectivity index (χ0n) is 15.4. The van der Waals surface area contributed by atoms with Gasteiger partial charge in [-0.2, -0.15) is 0 Å². The van der Waals surface area contributed by atoms with Crippen molar-refractivity contribution in [2.45, 2.75) is 25.4 Å². The summed E-state index contributed by atoms with van der Waals surface area (Å²) in [6.07, 6.45) is 9.36. The third-order valence-electron chi connectivity index (χ3n) is 6.19. The molecule has 0 N–H and O–H groups in total. The van der Waals surface area contributed by atoms with Crippen LogP contribution in [0.25, 0.3) is 0 Å². The fourth-order valence-electron chi connectivity index (χ4n) is 4.54. The Kier molecular flexibility index (Phi) is 3.34. The molecule has 0 aliphatic carbocycles. The molecule has 3 aromatic rings. The van der Waals surface area contributed by atoms with Gasteiger partial charge in [-0.15, -0.1) is 6.58 Å². The van der Waals surface area contributed by atoms with Gasteiger partial charge in [0, 0.05) is 35.1 Å². The molecule has 4 heterocycles. The molecule has 3 unspecified atom stereocenters. The number of fused-ring (bicyclic) bond motifs is 5. The highest BCUT2D eigenvalue weighted by molar-refractivity contribution is 5.88. The predicted molar refractivity (Wildman–Crippen MR) is 107 cm³/mol. The molecule has 5 nitrogen and oxygen atoms in total. The van der Waals surface area contributed by atoms with Gasteiger partial charge in [-0.1, -0.05) is 38.1 Å². The smallest absolute Gasteiger partial charge is 0.162 e. The zero-order chi connectivity index (χ0) is 18.6. The number of benzene rings is 1. The van der Waals surface area contributed by atoms with E-state index >= 15 is 0 Å². The Morgan fingerprint density at radius 2 is 1.81 bits per heavy atom. The van der Waals surface area contributed by atoms with Crippen LogP contribution in [0.5, 0.6) is 0 Å². The first-order chi connectivity index (χ1) is 13.2. The van der Waals surface area contributed by atoms with E-state index in [4.69, 9.17) is 0 Å². The van der Waals surface area contributed by atoms with Gasteiger partial charge in [-0.3, -0.25) is 4.98 Å². The van der Waals surface area contributed by atoms with E-state index in [0.29, 0.717) is 0 Å². The van der Waals surface area contributed by atoms with Crippen LogP contribution >= 0.6 is 0 Å². The van der Waals surface area contributed by atoms with E-state index in [9.17, 15) is 0 Å². The van der Waals surface area contributed by atoms with Gasteiger partial charge >= 0.3 is 0 Å². The number of pyridine rings is 1. The quantitative estimate of drug-likeness (QED) is 0.630. The Balaban J connectivity index is 1.81. The minimum atomic E-state index is -0.154. The summed E-state index contributed by atoms with van der Waals surface area (Å²) in [6.45, 7) is 8.76. The second-order valence-corrected chi connectivity index (χ2v) is 7.38. The lowest BCUT2D eigenvalue weighted by atomic mass is 9.67. The van der Waals surface area contributed by atoms with Crippen LogP contribution in [0.2, 0.25) is 0 Å². The van der Waals surface area contributed by atoms with Crippen molar-refractivity contribution in [3.05, 3.63) is 79.5 Å². The van der Waals surface area contributed by atoms with Crippen LogP contribution in [-0.2, 0) is 5.41 Å². The molecule has 1 aromatic carbocycles.